The smallest absolute Gasteiger partial charge is 0.303 e. The molecule has 0 spiro atoms. The highest BCUT2D eigenvalue weighted by Gasteiger charge is 2.43. The minimum absolute atomic E-state index is 0.0961. The number of carbonyl (C=O) groups excluding carboxylic acids is 2. The number of esters is 1. The molecule has 0 radical (unpaired) electrons. The number of hydrogen-bond donors (Lipinski definition) is 0. The zero-order valence-corrected chi connectivity index (χ0v) is 19.6. The zero-order valence-electron chi connectivity index (χ0n) is 19.6. The molecule has 1 fully saturated rings. The summed E-state index contributed by atoms with van der Waals surface area (Å²) in [5.41, 5.74) is 0. The Morgan fingerprint density at radius 3 is 2.23 bits per heavy atom. The van der Waals surface area contributed by atoms with E-state index in [4.69, 9.17) is 28.4 Å². The molecule has 1 heterocycles. The average Bonchev–Trinajstić information content (AvgIpc) is 3.15. The average molecular weight is 441 g/mol. The van der Waals surface area contributed by atoms with Crippen LogP contribution >= 0.6 is 0 Å². The Labute approximate surface area is 185 Å². The summed E-state index contributed by atoms with van der Waals surface area (Å²) in [4.78, 5) is 21.6. The summed E-state index contributed by atoms with van der Waals surface area (Å²) >= 11 is 0. The standard InChI is InChI=1S/C14H16O7.C7H14O.C2H6/c1-9(16)20-12-7-18-14(13(12)19-8-15)21-11-5-3-10(17-2)4-6-11;1-4-5-6-7(2)8-3;1-2/h3-6,8,12-14H,7H2,1-2H3;6H,4-5H2,1-3H3;1-2H3/b;7-6-;. The SMILES string of the molecule is CC.CCC/C=C(/C)OC.COc1ccc(OC2OCC(OC(C)=O)C2OC=O)cc1. The van der Waals surface area contributed by atoms with E-state index < -0.39 is 24.5 Å². The van der Waals surface area contributed by atoms with Crippen molar-refractivity contribution in [3.05, 3.63) is 36.1 Å². The Balaban J connectivity index is 0.000000762. The Morgan fingerprint density at radius 1 is 1.13 bits per heavy atom. The molecule has 1 saturated heterocycles. The molecule has 1 aromatic carbocycles. The van der Waals surface area contributed by atoms with Gasteiger partial charge in [0.05, 0.1) is 26.6 Å². The van der Waals surface area contributed by atoms with Crippen LogP contribution < -0.4 is 9.47 Å². The van der Waals surface area contributed by atoms with Crippen LogP contribution in [0.1, 0.15) is 47.5 Å². The first kappa shape index (κ1) is 28.3. The van der Waals surface area contributed by atoms with Gasteiger partial charge in [-0.2, -0.15) is 0 Å². The zero-order chi connectivity index (χ0) is 23.6. The number of methoxy groups -OCH3 is 2. The van der Waals surface area contributed by atoms with Crippen LogP contribution in [-0.2, 0) is 28.5 Å². The molecular weight excluding hydrogens is 404 g/mol. The Bertz CT molecular complexity index is 641. The first-order valence-electron chi connectivity index (χ1n) is 10.3. The van der Waals surface area contributed by atoms with Crippen molar-refractivity contribution in [1.29, 1.82) is 0 Å². The number of allylic oxidation sites excluding steroid dienone is 2. The van der Waals surface area contributed by atoms with Crippen molar-refractivity contribution in [2.75, 3.05) is 20.8 Å². The van der Waals surface area contributed by atoms with Crippen LogP contribution in [0.3, 0.4) is 0 Å². The third kappa shape index (κ3) is 11.3. The van der Waals surface area contributed by atoms with Crippen molar-refractivity contribution in [3.63, 3.8) is 0 Å². The van der Waals surface area contributed by atoms with Crippen molar-refractivity contribution in [2.45, 2.75) is 66.0 Å². The van der Waals surface area contributed by atoms with E-state index in [1.54, 1.807) is 38.5 Å². The van der Waals surface area contributed by atoms with Gasteiger partial charge in [-0.3, -0.25) is 9.59 Å². The van der Waals surface area contributed by atoms with Gasteiger partial charge in [-0.1, -0.05) is 27.2 Å². The molecule has 1 aliphatic heterocycles. The predicted molar refractivity (Wildman–Crippen MR) is 117 cm³/mol. The van der Waals surface area contributed by atoms with E-state index in [2.05, 4.69) is 13.0 Å². The topological polar surface area (TPSA) is 89.5 Å². The Morgan fingerprint density at radius 2 is 1.74 bits per heavy atom. The van der Waals surface area contributed by atoms with Gasteiger partial charge in [0.2, 0.25) is 12.4 Å². The number of benzene rings is 1. The van der Waals surface area contributed by atoms with Crippen molar-refractivity contribution in [2.24, 2.45) is 0 Å². The first-order chi connectivity index (χ1) is 14.9. The van der Waals surface area contributed by atoms with Gasteiger partial charge in [-0.15, -0.1) is 0 Å². The number of carbonyl (C=O) groups is 2. The van der Waals surface area contributed by atoms with Crippen molar-refractivity contribution in [1.82, 2.24) is 0 Å². The lowest BCUT2D eigenvalue weighted by Gasteiger charge is -2.21. The number of ether oxygens (including phenoxy) is 6. The molecule has 0 bridgehead atoms. The second-order valence-corrected chi connectivity index (χ2v) is 6.15. The third-order valence-corrected chi connectivity index (χ3v) is 3.94. The monoisotopic (exact) mass is 440 g/mol. The summed E-state index contributed by atoms with van der Waals surface area (Å²) in [6.45, 7) is 9.77. The highest BCUT2D eigenvalue weighted by atomic mass is 16.7. The van der Waals surface area contributed by atoms with Crippen LogP contribution in [-0.4, -0.2) is 51.8 Å². The van der Waals surface area contributed by atoms with Crippen molar-refractivity contribution < 1.29 is 38.0 Å². The van der Waals surface area contributed by atoms with Crippen LogP contribution in [0.4, 0.5) is 0 Å². The molecule has 0 aliphatic carbocycles. The molecule has 0 aromatic heterocycles. The Kier molecular flexibility index (Phi) is 15.5. The van der Waals surface area contributed by atoms with E-state index in [1.807, 2.05) is 20.8 Å². The lowest BCUT2D eigenvalue weighted by molar-refractivity contribution is -0.162. The summed E-state index contributed by atoms with van der Waals surface area (Å²) in [5, 5.41) is 0. The van der Waals surface area contributed by atoms with Crippen molar-refractivity contribution >= 4 is 12.4 Å². The van der Waals surface area contributed by atoms with Gasteiger partial charge in [-0.25, -0.2) is 0 Å². The van der Waals surface area contributed by atoms with Gasteiger partial charge in [0.15, 0.2) is 6.10 Å². The van der Waals surface area contributed by atoms with Crippen molar-refractivity contribution in [3.8, 4) is 11.5 Å². The first-order valence-corrected chi connectivity index (χ1v) is 10.3. The van der Waals surface area contributed by atoms with E-state index >= 15 is 0 Å². The van der Waals surface area contributed by atoms with E-state index in [1.165, 1.54) is 13.3 Å². The Hall–Kier alpha value is -2.74. The molecule has 8 heteroatoms. The lowest BCUT2D eigenvalue weighted by Crippen LogP contribution is -2.38. The molecule has 176 valence electrons. The van der Waals surface area contributed by atoms with E-state index in [9.17, 15) is 9.59 Å². The molecule has 1 aliphatic rings. The van der Waals surface area contributed by atoms with Gasteiger partial charge in [0.1, 0.15) is 11.5 Å². The molecule has 3 atom stereocenters. The molecule has 0 N–H and O–H groups in total. The molecule has 3 unspecified atom stereocenters. The van der Waals surface area contributed by atoms with Crippen LogP contribution in [0.2, 0.25) is 0 Å². The fraction of sp³-hybridized carbons (Fsp3) is 0.565. The number of unbranched alkanes of at least 4 members (excludes halogenated alkanes) is 1. The fourth-order valence-electron chi connectivity index (χ4n) is 2.41. The maximum Gasteiger partial charge on any atom is 0.303 e. The van der Waals surface area contributed by atoms with Gasteiger partial charge in [0.25, 0.3) is 6.47 Å². The van der Waals surface area contributed by atoms with Gasteiger partial charge < -0.3 is 28.4 Å². The summed E-state index contributed by atoms with van der Waals surface area (Å²) in [5.74, 6) is 1.75. The molecule has 8 nitrogen and oxygen atoms in total. The second-order valence-electron chi connectivity index (χ2n) is 6.15. The largest absolute Gasteiger partial charge is 0.502 e. The third-order valence-electron chi connectivity index (χ3n) is 3.94. The summed E-state index contributed by atoms with van der Waals surface area (Å²) in [6, 6.07) is 6.84. The minimum atomic E-state index is -0.840. The fourth-order valence-corrected chi connectivity index (χ4v) is 2.41. The number of rotatable bonds is 9. The highest BCUT2D eigenvalue weighted by Crippen LogP contribution is 2.25. The van der Waals surface area contributed by atoms with Gasteiger partial charge in [0, 0.05) is 6.92 Å². The van der Waals surface area contributed by atoms with Crippen LogP contribution in [0.25, 0.3) is 0 Å². The molecule has 31 heavy (non-hydrogen) atoms. The molecule has 2 rings (SSSR count). The number of hydrogen-bond acceptors (Lipinski definition) is 8. The molecule has 0 saturated carbocycles. The summed E-state index contributed by atoms with van der Waals surface area (Å²) < 4.78 is 30.9. The molecule has 1 aromatic rings. The summed E-state index contributed by atoms with van der Waals surface area (Å²) in [6.07, 6.45) is 2.08. The maximum absolute atomic E-state index is 11.0. The second kappa shape index (κ2) is 17.0. The van der Waals surface area contributed by atoms with Crippen LogP contribution in [0.5, 0.6) is 11.5 Å². The lowest BCUT2D eigenvalue weighted by atomic mass is 10.2. The molecule has 0 amide bonds. The van der Waals surface area contributed by atoms with Crippen LogP contribution in [0, 0.1) is 0 Å². The predicted octanol–water partition coefficient (Wildman–Crippen LogP) is 4.27. The summed E-state index contributed by atoms with van der Waals surface area (Å²) in [7, 11) is 3.26. The minimum Gasteiger partial charge on any atom is -0.502 e. The molecular formula is C23H36O8. The maximum atomic E-state index is 11.0. The normalized spacial score (nSPS) is 19.6. The highest BCUT2D eigenvalue weighted by molar-refractivity contribution is 5.66. The van der Waals surface area contributed by atoms with E-state index in [0.29, 0.717) is 11.5 Å². The van der Waals surface area contributed by atoms with E-state index in [-0.39, 0.29) is 13.1 Å². The van der Waals surface area contributed by atoms with Crippen LogP contribution in [0.15, 0.2) is 36.1 Å². The van der Waals surface area contributed by atoms with E-state index in [0.717, 1.165) is 12.2 Å². The van der Waals surface area contributed by atoms with Gasteiger partial charge in [-0.05, 0) is 43.7 Å². The van der Waals surface area contributed by atoms with Gasteiger partial charge >= 0.3 is 5.97 Å². The quantitative estimate of drug-likeness (QED) is 0.320.